The maximum Gasteiger partial charge on any atom is 0.320 e. The lowest BCUT2D eigenvalue weighted by Crippen LogP contribution is -2.57. The van der Waals surface area contributed by atoms with Crippen molar-refractivity contribution in [1.82, 2.24) is 15.1 Å². The average molecular weight is 255 g/mol. The van der Waals surface area contributed by atoms with E-state index in [1.54, 1.807) is 18.9 Å². The summed E-state index contributed by atoms with van der Waals surface area (Å²) in [7, 11) is 1.72. The Labute approximate surface area is 110 Å². The molecule has 5 heteroatoms. The number of carbonyl (C=O) groups excluding carboxylic acids is 2. The zero-order valence-electron chi connectivity index (χ0n) is 12.1. The van der Waals surface area contributed by atoms with E-state index in [9.17, 15) is 9.59 Å². The monoisotopic (exact) mass is 255 g/mol. The molecule has 0 bridgehead atoms. The smallest absolute Gasteiger partial charge is 0.320 e. The van der Waals surface area contributed by atoms with E-state index >= 15 is 0 Å². The minimum atomic E-state index is -0.331. The lowest BCUT2D eigenvalue weighted by atomic mass is 9.99. The fraction of sp³-hybridized carbons (Fsp3) is 0.846. The van der Waals surface area contributed by atoms with Gasteiger partial charge in [0, 0.05) is 32.7 Å². The molecule has 0 spiro atoms. The topological polar surface area (TPSA) is 52.7 Å². The summed E-state index contributed by atoms with van der Waals surface area (Å²) in [4.78, 5) is 27.4. The molecule has 0 aromatic carbocycles. The Hall–Kier alpha value is -1.10. The highest BCUT2D eigenvalue weighted by Gasteiger charge is 2.31. The zero-order chi connectivity index (χ0) is 13.9. The number of carbonyl (C=O) groups is 2. The Morgan fingerprint density at radius 3 is 2.44 bits per heavy atom. The van der Waals surface area contributed by atoms with Crippen LogP contribution in [0.5, 0.6) is 0 Å². The second-order valence-corrected chi connectivity index (χ2v) is 5.49. The largest absolute Gasteiger partial charge is 0.322 e. The van der Waals surface area contributed by atoms with Gasteiger partial charge in [0.25, 0.3) is 0 Å². The molecule has 1 N–H and O–H groups in total. The van der Waals surface area contributed by atoms with Gasteiger partial charge in [-0.3, -0.25) is 4.79 Å². The molecule has 1 rings (SSSR count). The fourth-order valence-corrected chi connectivity index (χ4v) is 2.64. The van der Waals surface area contributed by atoms with E-state index in [1.165, 1.54) is 0 Å². The number of amides is 2. The molecular weight excluding hydrogens is 230 g/mol. The normalized spacial score (nSPS) is 21.9. The van der Waals surface area contributed by atoms with Crippen molar-refractivity contribution in [2.75, 3.05) is 26.7 Å². The first-order valence-electron chi connectivity index (χ1n) is 6.60. The summed E-state index contributed by atoms with van der Waals surface area (Å²) in [5.41, 5.74) is 0. The molecule has 104 valence electrons. The van der Waals surface area contributed by atoms with E-state index in [-0.39, 0.29) is 23.8 Å². The second kappa shape index (κ2) is 6.18. The van der Waals surface area contributed by atoms with E-state index in [2.05, 4.69) is 12.2 Å². The maximum absolute atomic E-state index is 12.4. The number of hydrogen-bond acceptors (Lipinski definition) is 3. The highest BCUT2D eigenvalue weighted by Crippen LogP contribution is 2.13. The SMILES string of the molecule is CC(=O)[C@H](C(C)C)N(C)C(=O)N1CCN[C@@H](C)C1. The Balaban J connectivity index is 2.72. The third kappa shape index (κ3) is 3.45. The van der Waals surface area contributed by atoms with Gasteiger partial charge >= 0.3 is 6.03 Å². The first-order chi connectivity index (χ1) is 8.34. The van der Waals surface area contributed by atoms with Gasteiger partial charge in [-0.1, -0.05) is 13.8 Å². The Kier molecular flexibility index (Phi) is 5.14. The molecule has 0 aromatic rings. The van der Waals surface area contributed by atoms with Crippen molar-refractivity contribution < 1.29 is 9.59 Å². The standard InChI is InChI=1S/C13H25N3O2/c1-9(2)12(11(4)17)15(5)13(18)16-7-6-14-10(3)8-16/h9-10,12,14H,6-8H2,1-5H3/t10-,12-/m0/s1. The van der Waals surface area contributed by atoms with E-state index < -0.39 is 0 Å². The molecule has 0 saturated carbocycles. The van der Waals surface area contributed by atoms with Gasteiger partial charge in [-0.15, -0.1) is 0 Å². The number of hydrogen-bond donors (Lipinski definition) is 1. The van der Waals surface area contributed by atoms with Crippen LogP contribution >= 0.6 is 0 Å². The van der Waals surface area contributed by atoms with Gasteiger partial charge in [0.2, 0.25) is 0 Å². The second-order valence-electron chi connectivity index (χ2n) is 5.49. The van der Waals surface area contributed by atoms with Crippen molar-refractivity contribution >= 4 is 11.8 Å². The highest BCUT2D eigenvalue weighted by molar-refractivity contribution is 5.87. The summed E-state index contributed by atoms with van der Waals surface area (Å²) in [6.45, 7) is 9.76. The molecule has 1 fully saturated rings. The first-order valence-corrected chi connectivity index (χ1v) is 6.60. The quantitative estimate of drug-likeness (QED) is 0.817. The van der Waals surface area contributed by atoms with Crippen LogP contribution in [0, 0.1) is 5.92 Å². The third-order valence-electron chi connectivity index (χ3n) is 3.41. The number of nitrogens with zero attached hydrogens (tertiary/aromatic N) is 2. The number of urea groups is 1. The van der Waals surface area contributed by atoms with Crippen molar-refractivity contribution in [2.24, 2.45) is 5.92 Å². The molecule has 1 heterocycles. The van der Waals surface area contributed by atoms with Crippen LogP contribution in [0.3, 0.4) is 0 Å². The van der Waals surface area contributed by atoms with Crippen LogP contribution in [0.4, 0.5) is 4.79 Å². The van der Waals surface area contributed by atoms with Crippen LogP contribution in [0.25, 0.3) is 0 Å². The van der Waals surface area contributed by atoms with Crippen molar-refractivity contribution in [3.63, 3.8) is 0 Å². The lowest BCUT2D eigenvalue weighted by molar-refractivity contribution is -0.122. The summed E-state index contributed by atoms with van der Waals surface area (Å²) in [6, 6.07) is -0.0640. The van der Waals surface area contributed by atoms with Crippen molar-refractivity contribution in [3.05, 3.63) is 0 Å². The summed E-state index contributed by atoms with van der Waals surface area (Å²) >= 11 is 0. The first kappa shape index (κ1) is 15.0. The van der Waals surface area contributed by atoms with Gasteiger partial charge in [-0.25, -0.2) is 4.79 Å². The number of nitrogens with one attached hydrogen (secondary N) is 1. The summed E-state index contributed by atoms with van der Waals surface area (Å²) < 4.78 is 0. The molecule has 0 radical (unpaired) electrons. The van der Waals surface area contributed by atoms with Gasteiger partial charge < -0.3 is 15.1 Å². The van der Waals surface area contributed by atoms with E-state index in [4.69, 9.17) is 0 Å². The van der Waals surface area contributed by atoms with Gasteiger partial charge in [0.15, 0.2) is 5.78 Å². The van der Waals surface area contributed by atoms with Crippen molar-refractivity contribution in [1.29, 1.82) is 0 Å². The number of piperazine rings is 1. The van der Waals surface area contributed by atoms with E-state index in [1.807, 2.05) is 18.7 Å². The molecule has 1 aliphatic heterocycles. The summed E-state index contributed by atoms with van der Waals surface area (Å²) in [5, 5.41) is 3.30. The minimum absolute atomic E-state index is 0.0442. The maximum atomic E-state index is 12.4. The molecule has 2 amide bonds. The summed E-state index contributed by atoms with van der Waals surface area (Å²) in [5.74, 6) is 0.181. The van der Waals surface area contributed by atoms with Gasteiger partial charge in [0.05, 0.1) is 6.04 Å². The van der Waals surface area contributed by atoms with Crippen LogP contribution in [-0.2, 0) is 4.79 Å². The third-order valence-corrected chi connectivity index (χ3v) is 3.41. The van der Waals surface area contributed by atoms with Crippen LogP contribution in [0.1, 0.15) is 27.7 Å². The van der Waals surface area contributed by atoms with Crippen LogP contribution < -0.4 is 5.32 Å². The molecule has 0 aliphatic carbocycles. The Morgan fingerprint density at radius 1 is 1.39 bits per heavy atom. The van der Waals surface area contributed by atoms with Crippen LogP contribution in [0.15, 0.2) is 0 Å². The Bertz CT molecular complexity index is 317. The van der Waals surface area contributed by atoms with Gasteiger partial charge in [-0.2, -0.15) is 0 Å². The summed E-state index contributed by atoms with van der Waals surface area (Å²) in [6.07, 6.45) is 0. The van der Waals surface area contributed by atoms with Gasteiger partial charge in [0.1, 0.15) is 0 Å². The molecular formula is C13H25N3O2. The molecule has 0 aromatic heterocycles. The predicted molar refractivity (Wildman–Crippen MR) is 71.5 cm³/mol. The highest BCUT2D eigenvalue weighted by atomic mass is 16.2. The van der Waals surface area contributed by atoms with Crippen LogP contribution in [0.2, 0.25) is 0 Å². The van der Waals surface area contributed by atoms with Crippen molar-refractivity contribution in [2.45, 2.75) is 39.8 Å². The number of Topliss-reactive ketones (excluding diaryl/α,β-unsaturated/α-hetero) is 1. The zero-order valence-corrected chi connectivity index (χ0v) is 12.1. The van der Waals surface area contributed by atoms with E-state index in [0.29, 0.717) is 19.1 Å². The molecule has 2 atom stereocenters. The molecule has 1 aliphatic rings. The van der Waals surface area contributed by atoms with Gasteiger partial charge in [-0.05, 0) is 19.8 Å². The van der Waals surface area contributed by atoms with Crippen LogP contribution in [-0.4, -0.2) is 60.4 Å². The molecule has 0 unspecified atom stereocenters. The lowest BCUT2D eigenvalue weighted by Gasteiger charge is -2.37. The number of ketones is 1. The average Bonchev–Trinajstić information content (AvgIpc) is 2.26. The molecule has 1 saturated heterocycles. The number of rotatable bonds is 3. The minimum Gasteiger partial charge on any atom is -0.322 e. The fourth-order valence-electron chi connectivity index (χ4n) is 2.64. The molecule has 5 nitrogen and oxygen atoms in total. The van der Waals surface area contributed by atoms with E-state index in [0.717, 1.165) is 6.54 Å². The van der Waals surface area contributed by atoms with Crippen molar-refractivity contribution in [3.8, 4) is 0 Å². The number of likely N-dealkylation sites (N-methyl/N-ethyl adjacent to an activating group) is 1. The molecule has 18 heavy (non-hydrogen) atoms. The Morgan fingerprint density at radius 2 is 2.00 bits per heavy atom. The predicted octanol–water partition coefficient (Wildman–Crippen LogP) is 0.946.